The highest BCUT2D eigenvalue weighted by Crippen LogP contribution is 2.36. The van der Waals surface area contributed by atoms with Gasteiger partial charge in [0.25, 0.3) is 5.91 Å². The molecule has 0 spiro atoms. The molecular weight excluding hydrogens is 374 g/mol. The van der Waals surface area contributed by atoms with Crippen molar-refractivity contribution in [2.24, 2.45) is 11.8 Å². The van der Waals surface area contributed by atoms with Crippen molar-refractivity contribution in [2.45, 2.75) is 38.8 Å². The number of anilines is 1. The predicted octanol–water partition coefficient (Wildman–Crippen LogP) is 1.77. The summed E-state index contributed by atoms with van der Waals surface area (Å²) in [6.07, 6.45) is 3.58. The predicted molar refractivity (Wildman–Crippen MR) is 102 cm³/mol. The van der Waals surface area contributed by atoms with Gasteiger partial charge in [-0.1, -0.05) is 12.2 Å². The number of fused-ring (bicyclic) bond motifs is 1. The molecule has 29 heavy (non-hydrogen) atoms. The fourth-order valence-corrected chi connectivity index (χ4v) is 3.51. The van der Waals surface area contributed by atoms with Crippen LogP contribution in [0.3, 0.4) is 0 Å². The highest BCUT2D eigenvalue weighted by Gasteiger charge is 2.50. The molecule has 1 saturated heterocycles. The molecule has 1 aromatic rings. The van der Waals surface area contributed by atoms with Crippen molar-refractivity contribution >= 4 is 29.4 Å². The third-order valence-corrected chi connectivity index (χ3v) is 5.21. The number of nitrogens with zero attached hydrogens (tertiary/aromatic N) is 2. The van der Waals surface area contributed by atoms with Crippen molar-refractivity contribution in [3.63, 3.8) is 0 Å². The SMILES string of the molecule is C[C@H](OC(=O)[C@@H](C)N1C(=O)[C@H]2CC=CC[C@H]2C1=O)C(=O)Nc1ccc(C#N)cc1. The van der Waals surface area contributed by atoms with Gasteiger partial charge in [0.15, 0.2) is 6.10 Å². The van der Waals surface area contributed by atoms with E-state index in [-0.39, 0.29) is 11.8 Å². The Balaban J connectivity index is 1.60. The first-order valence-electron chi connectivity index (χ1n) is 9.37. The lowest BCUT2D eigenvalue weighted by atomic mass is 9.85. The second-order valence-electron chi connectivity index (χ2n) is 7.14. The van der Waals surface area contributed by atoms with Crippen LogP contribution in [-0.4, -0.2) is 40.7 Å². The summed E-state index contributed by atoms with van der Waals surface area (Å²) in [6.45, 7) is 2.83. The van der Waals surface area contributed by atoms with Gasteiger partial charge in [-0.2, -0.15) is 5.26 Å². The molecule has 3 rings (SSSR count). The van der Waals surface area contributed by atoms with Crippen LogP contribution >= 0.6 is 0 Å². The molecule has 0 bridgehead atoms. The minimum Gasteiger partial charge on any atom is -0.451 e. The molecular formula is C21H21N3O5. The zero-order valence-electron chi connectivity index (χ0n) is 16.1. The van der Waals surface area contributed by atoms with Gasteiger partial charge in [0, 0.05) is 5.69 Å². The van der Waals surface area contributed by atoms with E-state index in [1.54, 1.807) is 24.3 Å². The van der Waals surface area contributed by atoms with Crippen molar-refractivity contribution in [3.05, 3.63) is 42.0 Å². The first-order chi connectivity index (χ1) is 13.8. The number of nitrogens with one attached hydrogen (secondary N) is 1. The van der Waals surface area contributed by atoms with Gasteiger partial charge in [0.05, 0.1) is 23.5 Å². The number of hydrogen-bond donors (Lipinski definition) is 1. The van der Waals surface area contributed by atoms with Crippen LogP contribution in [0.15, 0.2) is 36.4 Å². The molecule has 0 unspecified atom stereocenters. The maximum Gasteiger partial charge on any atom is 0.329 e. The van der Waals surface area contributed by atoms with Gasteiger partial charge in [0.1, 0.15) is 6.04 Å². The Hall–Kier alpha value is -3.47. The van der Waals surface area contributed by atoms with Crippen LogP contribution in [-0.2, 0) is 23.9 Å². The zero-order valence-corrected chi connectivity index (χ0v) is 16.1. The summed E-state index contributed by atoms with van der Waals surface area (Å²) in [4.78, 5) is 50.9. The number of allylic oxidation sites excluding steroid dienone is 2. The van der Waals surface area contributed by atoms with E-state index in [1.807, 2.05) is 18.2 Å². The third kappa shape index (κ3) is 4.04. The van der Waals surface area contributed by atoms with Crippen LogP contribution in [0.4, 0.5) is 5.69 Å². The number of amides is 3. The molecule has 0 saturated carbocycles. The molecule has 4 atom stereocenters. The molecule has 8 heteroatoms. The Kier molecular flexibility index (Phi) is 5.78. The van der Waals surface area contributed by atoms with E-state index in [4.69, 9.17) is 10.00 Å². The molecule has 0 aromatic heterocycles. The number of nitriles is 1. The number of ether oxygens (including phenoxy) is 1. The lowest BCUT2D eigenvalue weighted by molar-refractivity contribution is -0.163. The molecule has 1 aliphatic carbocycles. The van der Waals surface area contributed by atoms with E-state index in [1.165, 1.54) is 13.8 Å². The van der Waals surface area contributed by atoms with Crippen LogP contribution < -0.4 is 5.32 Å². The first kappa shape index (κ1) is 20.3. The molecule has 150 valence electrons. The highest BCUT2D eigenvalue weighted by atomic mass is 16.5. The smallest absolute Gasteiger partial charge is 0.329 e. The van der Waals surface area contributed by atoms with Gasteiger partial charge in [-0.25, -0.2) is 4.79 Å². The van der Waals surface area contributed by atoms with Crippen molar-refractivity contribution < 1.29 is 23.9 Å². The molecule has 1 N–H and O–H groups in total. The summed E-state index contributed by atoms with van der Waals surface area (Å²) in [5, 5.41) is 11.4. The maximum absolute atomic E-state index is 12.6. The molecule has 2 aliphatic rings. The minimum atomic E-state index is -1.13. The Bertz CT molecular complexity index is 889. The Labute approximate surface area is 168 Å². The normalized spacial score (nSPS) is 22.4. The summed E-state index contributed by atoms with van der Waals surface area (Å²) in [7, 11) is 0. The average molecular weight is 395 g/mol. The molecule has 0 radical (unpaired) electrons. The molecule has 1 heterocycles. The van der Waals surface area contributed by atoms with Crippen LogP contribution in [0.25, 0.3) is 0 Å². The summed E-state index contributed by atoms with van der Waals surface area (Å²) in [5.41, 5.74) is 0.901. The number of carbonyl (C=O) groups is 4. The van der Waals surface area contributed by atoms with E-state index >= 15 is 0 Å². The van der Waals surface area contributed by atoms with Gasteiger partial charge in [-0.15, -0.1) is 0 Å². The largest absolute Gasteiger partial charge is 0.451 e. The van der Waals surface area contributed by atoms with E-state index in [2.05, 4.69) is 5.32 Å². The van der Waals surface area contributed by atoms with Gasteiger partial charge in [-0.05, 0) is 51.0 Å². The number of carbonyl (C=O) groups excluding carboxylic acids is 4. The number of benzene rings is 1. The number of likely N-dealkylation sites (tertiary alicyclic amines) is 1. The number of rotatable bonds is 5. The second kappa shape index (κ2) is 8.27. The van der Waals surface area contributed by atoms with Crippen LogP contribution in [0, 0.1) is 23.2 Å². The van der Waals surface area contributed by atoms with Gasteiger partial charge >= 0.3 is 5.97 Å². The quantitative estimate of drug-likeness (QED) is 0.461. The maximum atomic E-state index is 12.6. The van der Waals surface area contributed by atoms with Crippen LogP contribution in [0.2, 0.25) is 0 Å². The Morgan fingerprint density at radius 3 is 2.17 bits per heavy atom. The number of imide groups is 1. The lowest BCUT2D eigenvalue weighted by Crippen LogP contribution is -2.46. The summed E-state index contributed by atoms with van der Waals surface area (Å²) in [6, 6.07) is 7.09. The van der Waals surface area contributed by atoms with Crippen molar-refractivity contribution in [1.29, 1.82) is 5.26 Å². The summed E-state index contributed by atoms with van der Waals surface area (Å²) >= 11 is 0. The monoisotopic (exact) mass is 395 g/mol. The van der Waals surface area contributed by atoms with Gasteiger partial charge in [0.2, 0.25) is 11.8 Å². The molecule has 3 amide bonds. The van der Waals surface area contributed by atoms with E-state index in [9.17, 15) is 19.2 Å². The van der Waals surface area contributed by atoms with E-state index < -0.39 is 35.9 Å². The molecule has 1 aromatic carbocycles. The van der Waals surface area contributed by atoms with Crippen molar-refractivity contribution in [2.75, 3.05) is 5.32 Å². The van der Waals surface area contributed by atoms with E-state index in [0.717, 1.165) is 4.90 Å². The standard InChI is InChI=1S/C21H21N3O5/c1-12(24-19(26)16-5-3-4-6-17(16)20(24)27)21(28)29-13(2)18(25)23-15-9-7-14(11-22)8-10-15/h3-4,7-10,12-13,16-17H,5-6H2,1-2H3,(H,23,25)/t12-,13+,16-,17+/m1/s1. The summed E-state index contributed by atoms with van der Waals surface area (Å²) < 4.78 is 5.19. The topological polar surface area (TPSA) is 117 Å². The molecule has 1 aliphatic heterocycles. The third-order valence-electron chi connectivity index (χ3n) is 5.21. The first-order valence-corrected chi connectivity index (χ1v) is 9.37. The van der Waals surface area contributed by atoms with Gasteiger partial charge in [-0.3, -0.25) is 19.3 Å². The van der Waals surface area contributed by atoms with Crippen LogP contribution in [0.5, 0.6) is 0 Å². The fraction of sp³-hybridized carbons (Fsp3) is 0.381. The molecule has 1 fully saturated rings. The molecule has 8 nitrogen and oxygen atoms in total. The lowest BCUT2D eigenvalue weighted by Gasteiger charge is -2.23. The number of esters is 1. The summed E-state index contributed by atoms with van der Waals surface area (Å²) in [5.74, 6) is -2.99. The van der Waals surface area contributed by atoms with Crippen molar-refractivity contribution in [3.8, 4) is 6.07 Å². The highest BCUT2D eigenvalue weighted by molar-refractivity contribution is 6.08. The zero-order chi connectivity index (χ0) is 21.1. The van der Waals surface area contributed by atoms with Crippen molar-refractivity contribution in [1.82, 2.24) is 4.90 Å². The average Bonchev–Trinajstić information content (AvgIpc) is 2.98. The second-order valence-corrected chi connectivity index (χ2v) is 7.14. The number of hydrogen-bond acceptors (Lipinski definition) is 6. The minimum absolute atomic E-state index is 0.372. The van der Waals surface area contributed by atoms with Gasteiger partial charge < -0.3 is 10.1 Å². The van der Waals surface area contributed by atoms with E-state index in [0.29, 0.717) is 24.1 Å². The Morgan fingerprint density at radius 1 is 1.10 bits per heavy atom. The Morgan fingerprint density at radius 2 is 1.66 bits per heavy atom. The van der Waals surface area contributed by atoms with Crippen LogP contribution in [0.1, 0.15) is 32.3 Å². The fourth-order valence-electron chi connectivity index (χ4n) is 3.51.